The quantitative estimate of drug-likeness (QED) is 0.891. The zero-order chi connectivity index (χ0) is 14.8. The van der Waals surface area contributed by atoms with Gasteiger partial charge in [-0.3, -0.25) is 0 Å². The Morgan fingerprint density at radius 2 is 2.10 bits per heavy atom. The average molecular weight is 274 g/mol. The first-order chi connectivity index (χ1) is 9.34. The van der Waals surface area contributed by atoms with Gasteiger partial charge in [-0.25, -0.2) is 15.0 Å². The van der Waals surface area contributed by atoms with Gasteiger partial charge in [-0.2, -0.15) is 0 Å². The van der Waals surface area contributed by atoms with Crippen molar-refractivity contribution in [1.82, 2.24) is 19.5 Å². The van der Waals surface area contributed by atoms with Crippen LogP contribution in [0.5, 0.6) is 0 Å². The van der Waals surface area contributed by atoms with Gasteiger partial charge < -0.3 is 15.6 Å². The summed E-state index contributed by atoms with van der Waals surface area (Å²) in [5.74, 6) is 1.99. The van der Waals surface area contributed by atoms with Crippen molar-refractivity contribution in [2.75, 3.05) is 11.1 Å². The molecule has 0 aliphatic heterocycles. The minimum absolute atomic E-state index is 0.126. The van der Waals surface area contributed by atoms with E-state index in [9.17, 15) is 0 Å². The highest BCUT2D eigenvalue weighted by molar-refractivity contribution is 5.45. The Hall–Kier alpha value is -2.11. The predicted octanol–water partition coefficient (Wildman–Crippen LogP) is 2.05. The monoisotopic (exact) mass is 274 g/mol. The second-order valence-electron chi connectivity index (χ2n) is 6.06. The van der Waals surface area contributed by atoms with Crippen LogP contribution in [-0.2, 0) is 12.0 Å². The number of rotatable bonds is 4. The van der Waals surface area contributed by atoms with Crippen LogP contribution in [0.1, 0.15) is 33.5 Å². The van der Waals surface area contributed by atoms with Crippen LogP contribution >= 0.6 is 0 Å². The Kier molecular flexibility index (Phi) is 3.92. The summed E-state index contributed by atoms with van der Waals surface area (Å²) in [7, 11) is 0. The van der Waals surface area contributed by atoms with E-state index in [0.717, 1.165) is 18.2 Å². The van der Waals surface area contributed by atoms with Gasteiger partial charge in [0.1, 0.15) is 17.5 Å². The molecule has 0 aliphatic rings. The average Bonchev–Trinajstić information content (AvgIpc) is 2.79. The Labute approximate surface area is 119 Å². The smallest absolute Gasteiger partial charge is 0.138 e. The first-order valence-corrected chi connectivity index (χ1v) is 6.72. The van der Waals surface area contributed by atoms with Gasteiger partial charge in [0, 0.05) is 36.5 Å². The Morgan fingerprint density at radius 1 is 1.35 bits per heavy atom. The van der Waals surface area contributed by atoms with Gasteiger partial charge >= 0.3 is 0 Å². The molecule has 6 nitrogen and oxygen atoms in total. The van der Waals surface area contributed by atoms with E-state index in [4.69, 9.17) is 5.73 Å². The normalized spacial score (nSPS) is 13.2. The molecule has 0 radical (unpaired) electrons. The molecule has 1 unspecified atom stereocenters. The van der Waals surface area contributed by atoms with Crippen LogP contribution in [0.4, 0.5) is 11.6 Å². The van der Waals surface area contributed by atoms with Gasteiger partial charge in [0.25, 0.3) is 0 Å². The molecule has 0 aliphatic carbocycles. The fourth-order valence-electron chi connectivity index (χ4n) is 1.88. The lowest BCUT2D eigenvalue weighted by Crippen LogP contribution is -2.24. The maximum atomic E-state index is 5.86. The van der Waals surface area contributed by atoms with Crippen molar-refractivity contribution in [2.24, 2.45) is 0 Å². The predicted molar refractivity (Wildman–Crippen MR) is 80.5 cm³/mol. The summed E-state index contributed by atoms with van der Waals surface area (Å²) in [6.45, 7) is 9.12. The van der Waals surface area contributed by atoms with Crippen LogP contribution in [0.2, 0.25) is 0 Å². The number of nitrogens with zero attached hydrogens (tertiary/aromatic N) is 4. The molecule has 2 heterocycles. The molecule has 0 saturated heterocycles. The summed E-state index contributed by atoms with van der Waals surface area (Å²) in [6, 6.07) is 1.98. The van der Waals surface area contributed by atoms with Crippen LogP contribution < -0.4 is 11.1 Å². The van der Waals surface area contributed by atoms with E-state index in [2.05, 4.69) is 48.0 Å². The van der Waals surface area contributed by atoms with E-state index in [-0.39, 0.29) is 11.5 Å². The second kappa shape index (κ2) is 5.48. The third-order valence-corrected chi connectivity index (χ3v) is 2.85. The van der Waals surface area contributed by atoms with E-state index >= 15 is 0 Å². The maximum Gasteiger partial charge on any atom is 0.138 e. The molecule has 6 heteroatoms. The third-order valence-electron chi connectivity index (χ3n) is 2.85. The number of hydrogen-bond donors (Lipinski definition) is 2. The summed E-state index contributed by atoms with van der Waals surface area (Å²) in [6.07, 6.45) is 5.51. The van der Waals surface area contributed by atoms with E-state index in [1.807, 2.05) is 10.8 Å². The molecule has 1 atom stereocenters. The zero-order valence-electron chi connectivity index (χ0n) is 12.5. The number of imidazole rings is 1. The van der Waals surface area contributed by atoms with Crippen molar-refractivity contribution in [1.29, 1.82) is 0 Å². The van der Waals surface area contributed by atoms with Gasteiger partial charge in [0.05, 0.1) is 6.33 Å². The first-order valence-electron chi connectivity index (χ1n) is 6.72. The lowest BCUT2D eigenvalue weighted by molar-refractivity contribution is 0.545. The number of nitrogen functional groups attached to an aromatic ring is 1. The molecule has 2 aromatic rings. The molecule has 0 spiro atoms. The molecule has 0 amide bonds. The molecule has 3 N–H and O–H groups in total. The van der Waals surface area contributed by atoms with Gasteiger partial charge in [0.15, 0.2) is 0 Å². The maximum absolute atomic E-state index is 5.86. The molecule has 20 heavy (non-hydrogen) atoms. The molecule has 0 bridgehead atoms. The van der Waals surface area contributed by atoms with Gasteiger partial charge in [0.2, 0.25) is 0 Å². The number of nitrogens with one attached hydrogen (secondary N) is 1. The summed E-state index contributed by atoms with van der Waals surface area (Å²) in [5.41, 5.74) is 5.74. The van der Waals surface area contributed by atoms with Crippen molar-refractivity contribution in [3.05, 3.63) is 30.6 Å². The molecule has 0 aromatic carbocycles. The summed E-state index contributed by atoms with van der Waals surface area (Å²) < 4.78 is 2.02. The summed E-state index contributed by atoms with van der Waals surface area (Å²) in [5, 5.41) is 3.35. The van der Waals surface area contributed by atoms with E-state index in [1.54, 1.807) is 18.6 Å². The van der Waals surface area contributed by atoms with E-state index in [1.165, 1.54) is 0 Å². The van der Waals surface area contributed by atoms with E-state index in [0.29, 0.717) is 5.82 Å². The molecule has 2 rings (SSSR count). The minimum atomic E-state index is -0.126. The highest BCUT2D eigenvalue weighted by Crippen LogP contribution is 2.21. The highest BCUT2D eigenvalue weighted by atomic mass is 15.1. The van der Waals surface area contributed by atoms with Gasteiger partial charge in [-0.1, -0.05) is 20.8 Å². The number of nitrogens with two attached hydrogens (primary N) is 1. The Morgan fingerprint density at radius 3 is 2.70 bits per heavy atom. The van der Waals surface area contributed by atoms with Crippen molar-refractivity contribution < 1.29 is 0 Å². The second-order valence-corrected chi connectivity index (χ2v) is 6.06. The minimum Gasteiger partial charge on any atom is -0.384 e. The molecule has 0 fully saturated rings. The lowest BCUT2D eigenvalue weighted by atomic mass is 9.96. The van der Waals surface area contributed by atoms with Crippen LogP contribution in [0.15, 0.2) is 24.8 Å². The molecule has 2 aromatic heterocycles. The molecular weight excluding hydrogens is 252 g/mol. The Bertz CT molecular complexity index is 556. The van der Waals surface area contributed by atoms with Crippen molar-refractivity contribution in [2.45, 2.75) is 45.7 Å². The highest BCUT2D eigenvalue weighted by Gasteiger charge is 2.19. The van der Waals surface area contributed by atoms with E-state index < -0.39 is 0 Å². The van der Waals surface area contributed by atoms with Crippen LogP contribution in [-0.4, -0.2) is 25.6 Å². The van der Waals surface area contributed by atoms with Crippen LogP contribution in [0, 0.1) is 0 Å². The number of aromatic nitrogens is 4. The summed E-state index contributed by atoms with van der Waals surface area (Å²) >= 11 is 0. The fourth-order valence-corrected chi connectivity index (χ4v) is 1.88. The van der Waals surface area contributed by atoms with Gasteiger partial charge in [-0.15, -0.1) is 0 Å². The van der Waals surface area contributed by atoms with Crippen molar-refractivity contribution in [3.63, 3.8) is 0 Å². The molecular formula is C14H22N6. The zero-order valence-corrected chi connectivity index (χ0v) is 12.5. The standard InChI is InChI=1S/C14H22N6/c1-10(8-20-6-5-16-9-20)17-12-7-11(15)18-13(19-12)14(2,3)4/h5-7,9-10H,8H2,1-4H3,(H3,15,17,18,19). The SMILES string of the molecule is CC(Cn1ccnc1)Nc1cc(N)nc(C(C)(C)C)n1. The molecule has 108 valence electrons. The lowest BCUT2D eigenvalue weighted by Gasteiger charge is -2.20. The van der Waals surface area contributed by atoms with Gasteiger partial charge in [-0.05, 0) is 6.92 Å². The first kappa shape index (κ1) is 14.3. The van der Waals surface area contributed by atoms with Crippen LogP contribution in [0.25, 0.3) is 0 Å². The third kappa shape index (κ3) is 3.69. The number of anilines is 2. The topological polar surface area (TPSA) is 81.7 Å². The fraction of sp³-hybridized carbons (Fsp3) is 0.500. The van der Waals surface area contributed by atoms with Crippen molar-refractivity contribution >= 4 is 11.6 Å². The van der Waals surface area contributed by atoms with Crippen molar-refractivity contribution in [3.8, 4) is 0 Å². The summed E-state index contributed by atoms with van der Waals surface area (Å²) in [4.78, 5) is 12.9. The van der Waals surface area contributed by atoms with Crippen LogP contribution in [0.3, 0.4) is 0 Å². The molecule has 0 saturated carbocycles. The number of hydrogen-bond acceptors (Lipinski definition) is 5. The Balaban J connectivity index is 2.11. The largest absolute Gasteiger partial charge is 0.384 e.